The summed E-state index contributed by atoms with van der Waals surface area (Å²) in [6.07, 6.45) is 0.212. The Bertz CT molecular complexity index is 344. The number of halogens is 1. The molecule has 1 aliphatic rings. The van der Waals surface area contributed by atoms with Crippen LogP contribution in [0.3, 0.4) is 0 Å². The van der Waals surface area contributed by atoms with Gasteiger partial charge in [0, 0.05) is 0 Å². The van der Waals surface area contributed by atoms with Gasteiger partial charge in [0.25, 0.3) is 0 Å². The van der Waals surface area contributed by atoms with E-state index in [2.05, 4.69) is 10.6 Å². The summed E-state index contributed by atoms with van der Waals surface area (Å²) >= 11 is 6.09. The first-order chi connectivity index (χ1) is 6.23. The van der Waals surface area contributed by atoms with Crippen molar-refractivity contribution in [1.82, 2.24) is 0 Å². The summed E-state index contributed by atoms with van der Waals surface area (Å²) in [6, 6.07) is 9.71. The number of nitriles is 1. The molecular weight excluding hydrogens is 186 g/mol. The molecule has 3 nitrogen and oxygen atoms in total. The summed E-state index contributed by atoms with van der Waals surface area (Å²) in [5.74, 6) is 0. The first kappa shape index (κ1) is 8.21. The van der Waals surface area contributed by atoms with Gasteiger partial charge in [0.2, 0.25) is 0 Å². The molecule has 0 radical (unpaired) electrons. The molecule has 0 saturated carbocycles. The molecule has 0 bridgehead atoms. The summed E-state index contributed by atoms with van der Waals surface area (Å²) in [5.41, 5.74) is 1.88. The molecule has 66 valence electrons. The van der Waals surface area contributed by atoms with E-state index in [9.17, 15) is 0 Å². The van der Waals surface area contributed by atoms with Gasteiger partial charge in [-0.05, 0) is 12.1 Å². The van der Waals surface area contributed by atoms with Gasteiger partial charge >= 0.3 is 0 Å². The van der Waals surface area contributed by atoms with Gasteiger partial charge in [-0.1, -0.05) is 23.7 Å². The number of hydrogen-bond donors (Lipinski definition) is 2. The van der Waals surface area contributed by atoms with Crippen molar-refractivity contribution in [2.45, 2.75) is 11.5 Å². The molecule has 0 aliphatic carbocycles. The molecule has 0 aromatic heterocycles. The Morgan fingerprint density at radius 3 is 2.31 bits per heavy atom. The van der Waals surface area contributed by atoms with Gasteiger partial charge in [0.1, 0.15) is 0 Å². The first-order valence-electron chi connectivity index (χ1n) is 3.95. The predicted molar refractivity (Wildman–Crippen MR) is 52.5 cm³/mol. The van der Waals surface area contributed by atoms with Crippen LogP contribution >= 0.6 is 11.6 Å². The highest BCUT2D eigenvalue weighted by Gasteiger charge is 2.33. The van der Waals surface area contributed by atoms with Crippen LogP contribution in [0.15, 0.2) is 24.3 Å². The van der Waals surface area contributed by atoms with Gasteiger partial charge in [-0.15, -0.1) is 0 Å². The van der Waals surface area contributed by atoms with Crippen LogP contribution < -0.4 is 10.6 Å². The van der Waals surface area contributed by atoms with Gasteiger partial charge < -0.3 is 10.6 Å². The Morgan fingerprint density at radius 1 is 1.31 bits per heavy atom. The molecule has 1 aromatic carbocycles. The minimum atomic E-state index is -0.835. The number of anilines is 2. The van der Waals surface area contributed by atoms with Crippen molar-refractivity contribution >= 4 is 23.0 Å². The van der Waals surface area contributed by atoms with Crippen molar-refractivity contribution < 1.29 is 0 Å². The lowest BCUT2D eigenvalue weighted by Gasteiger charge is -2.19. The molecule has 2 N–H and O–H groups in total. The Morgan fingerprint density at radius 2 is 1.85 bits per heavy atom. The zero-order valence-electron chi connectivity index (χ0n) is 6.84. The van der Waals surface area contributed by atoms with E-state index < -0.39 is 5.12 Å². The second-order valence-corrected chi connectivity index (χ2v) is 3.58. The Balaban J connectivity index is 2.27. The number of nitrogens with one attached hydrogen (secondary N) is 2. The highest BCUT2D eigenvalue weighted by atomic mass is 35.5. The smallest absolute Gasteiger partial charge is 0.199 e. The Kier molecular flexibility index (Phi) is 1.78. The van der Waals surface area contributed by atoms with Gasteiger partial charge in [-0.3, -0.25) is 0 Å². The van der Waals surface area contributed by atoms with Crippen LogP contribution in [0.2, 0.25) is 0 Å². The van der Waals surface area contributed by atoms with Crippen LogP contribution in [-0.4, -0.2) is 5.12 Å². The van der Waals surface area contributed by atoms with Crippen molar-refractivity contribution in [2.75, 3.05) is 10.6 Å². The second kappa shape index (κ2) is 2.82. The van der Waals surface area contributed by atoms with E-state index in [0.29, 0.717) is 0 Å². The van der Waals surface area contributed by atoms with E-state index in [-0.39, 0.29) is 6.42 Å². The zero-order valence-corrected chi connectivity index (χ0v) is 7.60. The van der Waals surface area contributed by atoms with Crippen LogP contribution in [0.5, 0.6) is 0 Å². The second-order valence-electron chi connectivity index (χ2n) is 2.93. The number of hydrogen-bond acceptors (Lipinski definition) is 3. The molecule has 0 saturated heterocycles. The third kappa shape index (κ3) is 1.41. The fourth-order valence-electron chi connectivity index (χ4n) is 1.36. The van der Waals surface area contributed by atoms with E-state index in [1.54, 1.807) is 0 Å². The van der Waals surface area contributed by atoms with E-state index in [1.165, 1.54) is 0 Å². The lowest BCUT2D eigenvalue weighted by Crippen LogP contribution is -2.34. The SMILES string of the molecule is N#CCC1(Cl)Nc2ccccc2N1. The third-order valence-corrected chi connectivity index (χ3v) is 2.24. The number of para-hydroxylation sites is 2. The quantitative estimate of drug-likeness (QED) is 0.532. The number of fused-ring (bicyclic) bond motifs is 1. The maximum Gasteiger partial charge on any atom is 0.199 e. The molecule has 0 spiro atoms. The largest absolute Gasteiger partial charge is 0.348 e. The zero-order chi connectivity index (χ0) is 9.31. The van der Waals surface area contributed by atoms with Crippen LogP contribution in [0.1, 0.15) is 6.42 Å². The average molecular weight is 194 g/mol. The maximum absolute atomic E-state index is 8.56. The minimum absolute atomic E-state index is 0.212. The van der Waals surface area contributed by atoms with Crippen molar-refractivity contribution in [2.24, 2.45) is 0 Å². The van der Waals surface area contributed by atoms with Crippen molar-refractivity contribution in [3.63, 3.8) is 0 Å². The fourth-order valence-corrected chi connectivity index (χ4v) is 1.62. The Labute approximate surface area is 81.3 Å². The van der Waals surface area contributed by atoms with E-state index in [1.807, 2.05) is 30.3 Å². The summed E-state index contributed by atoms with van der Waals surface area (Å²) in [4.78, 5) is 0. The number of rotatable bonds is 1. The van der Waals surface area contributed by atoms with Crippen molar-refractivity contribution in [3.8, 4) is 6.07 Å². The van der Waals surface area contributed by atoms with E-state index >= 15 is 0 Å². The molecule has 4 heteroatoms. The molecule has 0 fully saturated rings. The monoisotopic (exact) mass is 193 g/mol. The summed E-state index contributed by atoms with van der Waals surface area (Å²) < 4.78 is 0. The highest BCUT2D eigenvalue weighted by molar-refractivity contribution is 6.27. The molecule has 0 amide bonds. The number of benzene rings is 1. The molecule has 1 aliphatic heterocycles. The van der Waals surface area contributed by atoms with Crippen LogP contribution in [-0.2, 0) is 0 Å². The normalized spacial score (nSPS) is 16.6. The summed E-state index contributed by atoms with van der Waals surface area (Å²) in [6.45, 7) is 0. The lowest BCUT2D eigenvalue weighted by atomic mass is 10.3. The lowest BCUT2D eigenvalue weighted by molar-refractivity contribution is 0.780. The molecule has 0 unspecified atom stereocenters. The summed E-state index contributed by atoms with van der Waals surface area (Å²) in [5, 5.41) is 13.8. The minimum Gasteiger partial charge on any atom is -0.348 e. The Hall–Kier alpha value is -1.40. The molecule has 2 rings (SSSR count). The van der Waals surface area contributed by atoms with E-state index in [0.717, 1.165) is 11.4 Å². The van der Waals surface area contributed by atoms with Crippen LogP contribution in [0.25, 0.3) is 0 Å². The van der Waals surface area contributed by atoms with Crippen molar-refractivity contribution in [3.05, 3.63) is 24.3 Å². The van der Waals surface area contributed by atoms with Gasteiger partial charge in [0.05, 0.1) is 23.9 Å². The van der Waals surface area contributed by atoms with Gasteiger partial charge in [-0.2, -0.15) is 5.26 Å². The average Bonchev–Trinajstić information content (AvgIpc) is 2.40. The first-order valence-corrected chi connectivity index (χ1v) is 4.33. The molecule has 1 aromatic rings. The number of alkyl halides is 1. The van der Waals surface area contributed by atoms with Crippen molar-refractivity contribution in [1.29, 1.82) is 5.26 Å². The fraction of sp³-hybridized carbons (Fsp3) is 0.222. The third-order valence-electron chi connectivity index (χ3n) is 1.92. The molecular formula is C9H8ClN3. The molecule has 1 heterocycles. The van der Waals surface area contributed by atoms with Gasteiger partial charge in [0.15, 0.2) is 5.12 Å². The van der Waals surface area contributed by atoms with Crippen LogP contribution in [0.4, 0.5) is 11.4 Å². The maximum atomic E-state index is 8.56. The van der Waals surface area contributed by atoms with E-state index in [4.69, 9.17) is 16.9 Å². The topological polar surface area (TPSA) is 47.9 Å². The molecule has 0 atom stereocenters. The number of nitrogens with zero attached hydrogens (tertiary/aromatic N) is 1. The summed E-state index contributed by atoms with van der Waals surface area (Å²) in [7, 11) is 0. The predicted octanol–water partition coefficient (Wildman–Crippen LogP) is 2.33. The standard InChI is InChI=1S/C9H8ClN3/c10-9(5-6-11)12-7-3-1-2-4-8(7)13-9/h1-4,12-13H,5H2. The molecule has 13 heavy (non-hydrogen) atoms. The van der Waals surface area contributed by atoms with Crippen LogP contribution in [0, 0.1) is 11.3 Å². The van der Waals surface area contributed by atoms with Gasteiger partial charge in [-0.25, -0.2) is 0 Å². The highest BCUT2D eigenvalue weighted by Crippen LogP contribution is 2.37.